The van der Waals surface area contributed by atoms with Gasteiger partial charge in [0.2, 0.25) is 7.28 Å². The maximum Gasteiger partial charge on any atom is 0.298 e. The van der Waals surface area contributed by atoms with Crippen molar-refractivity contribution in [1.29, 1.82) is 0 Å². The molecule has 7 nitrogen and oxygen atoms in total. The van der Waals surface area contributed by atoms with Crippen molar-refractivity contribution in [3.63, 3.8) is 0 Å². The lowest BCUT2D eigenvalue weighted by Crippen LogP contribution is -2.26. The van der Waals surface area contributed by atoms with E-state index in [2.05, 4.69) is 31.9 Å². The molecule has 0 saturated carbocycles. The third kappa shape index (κ3) is 5.53. The summed E-state index contributed by atoms with van der Waals surface area (Å²) in [6.45, 7) is 10.1. The van der Waals surface area contributed by atoms with Gasteiger partial charge in [-0.3, -0.25) is 10.1 Å². The molecule has 3 rings (SSSR count). The van der Waals surface area contributed by atoms with E-state index in [1.54, 1.807) is 12.1 Å². The third-order valence-electron chi connectivity index (χ3n) is 4.76. The highest BCUT2D eigenvalue weighted by molar-refractivity contribution is 9.11. The molecule has 0 spiro atoms. The molecule has 0 unspecified atom stereocenters. The first-order chi connectivity index (χ1) is 15.5. The quantitative estimate of drug-likeness (QED) is 0.155. The smallest absolute Gasteiger partial charge is 0.298 e. The van der Waals surface area contributed by atoms with Gasteiger partial charge in [0.05, 0.1) is 22.1 Å². The van der Waals surface area contributed by atoms with Gasteiger partial charge in [-0.2, -0.15) is 0 Å². The number of nitro benzene ring substituents is 1. The number of nitro groups is 1. The number of hydrogen-bond acceptors (Lipinski definition) is 6. The van der Waals surface area contributed by atoms with E-state index in [0.717, 1.165) is 8.95 Å². The van der Waals surface area contributed by atoms with Gasteiger partial charge in [0.1, 0.15) is 22.9 Å². The van der Waals surface area contributed by atoms with Gasteiger partial charge < -0.3 is 13.7 Å². The van der Waals surface area contributed by atoms with Crippen LogP contribution in [0.15, 0.2) is 66.6 Å². The molecule has 3 aromatic rings. The lowest BCUT2D eigenvalue weighted by molar-refractivity contribution is -0.384. The summed E-state index contributed by atoms with van der Waals surface area (Å²) < 4.78 is 24.8. The number of nitrogens with zero attached hydrogens (tertiary/aromatic N) is 2. The normalized spacial score (nSPS) is 13.3. The van der Waals surface area contributed by atoms with Crippen LogP contribution in [0.4, 0.5) is 11.4 Å². The molecule has 1 atom stereocenters. The summed E-state index contributed by atoms with van der Waals surface area (Å²) in [5, 5.41) is 11.4. The van der Waals surface area contributed by atoms with Crippen LogP contribution in [0.3, 0.4) is 0 Å². The predicted molar refractivity (Wildman–Crippen MR) is 139 cm³/mol. The molecule has 0 bridgehead atoms. The standard InChI is InChI=1S/C23H25Br2N2O5P/c1-6-30-17-9-10-19(20(14-17)27(28)29)26-33(23(3,4)5,22-12-7-15(2)31-22)32-21-11-8-16(24)13-18(21)25/h7-14H,6H2,1-5H3/t33-/m0/s1. The maximum absolute atomic E-state index is 11.9. The van der Waals surface area contributed by atoms with E-state index in [0.29, 0.717) is 29.4 Å². The minimum atomic E-state index is -3.03. The molecular formula is C23H25Br2N2O5P. The summed E-state index contributed by atoms with van der Waals surface area (Å²) >= 11 is 7.02. The fraction of sp³-hybridized carbons (Fsp3) is 0.304. The molecule has 0 fully saturated rings. The molecule has 0 aliphatic rings. The van der Waals surface area contributed by atoms with Crippen LogP contribution in [0.5, 0.6) is 11.5 Å². The Morgan fingerprint density at radius 3 is 2.39 bits per heavy atom. The van der Waals surface area contributed by atoms with E-state index in [4.69, 9.17) is 18.4 Å². The largest absolute Gasteiger partial charge is 0.494 e. The molecular weight excluding hydrogens is 575 g/mol. The topological polar surface area (TPSA) is 87.1 Å². The number of ether oxygens (including phenoxy) is 1. The van der Waals surface area contributed by atoms with E-state index >= 15 is 0 Å². The first-order valence-corrected chi connectivity index (χ1v) is 13.5. The number of rotatable bonds is 7. The summed E-state index contributed by atoms with van der Waals surface area (Å²) in [4.78, 5) is 11.5. The molecule has 0 amide bonds. The Balaban J connectivity index is 2.35. The van der Waals surface area contributed by atoms with Crippen LogP contribution in [0.25, 0.3) is 0 Å². The van der Waals surface area contributed by atoms with Crippen molar-refractivity contribution in [1.82, 2.24) is 0 Å². The van der Waals surface area contributed by atoms with Crippen LogP contribution < -0.4 is 14.8 Å². The Morgan fingerprint density at radius 2 is 1.85 bits per heavy atom. The monoisotopic (exact) mass is 598 g/mol. The first-order valence-electron chi connectivity index (χ1n) is 10.2. The Hall–Kier alpha value is -2.09. The Kier molecular flexibility index (Phi) is 7.76. The van der Waals surface area contributed by atoms with Crippen molar-refractivity contribution in [3.05, 3.63) is 73.4 Å². The molecule has 1 aromatic heterocycles. The van der Waals surface area contributed by atoms with E-state index in [9.17, 15) is 10.1 Å². The molecule has 0 N–H and O–H groups in total. The second kappa shape index (κ2) is 10.0. The Bertz CT molecular complexity index is 1230. The molecule has 176 valence electrons. The van der Waals surface area contributed by atoms with Crippen LogP contribution in [0.2, 0.25) is 0 Å². The van der Waals surface area contributed by atoms with Gasteiger partial charge in [-0.1, -0.05) is 36.7 Å². The summed E-state index contributed by atoms with van der Waals surface area (Å²) in [6.07, 6.45) is 0. The molecule has 10 heteroatoms. The fourth-order valence-electron chi connectivity index (χ4n) is 3.15. The van der Waals surface area contributed by atoms with Crippen molar-refractivity contribution >= 4 is 56.0 Å². The molecule has 33 heavy (non-hydrogen) atoms. The van der Waals surface area contributed by atoms with Gasteiger partial charge in [-0.25, -0.2) is 4.74 Å². The molecule has 0 radical (unpaired) electrons. The van der Waals surface area contributed by atoms with Crippen LogP contribution in [0, 0.1) is 17.0 Å². The van der Waals surface area contributed by atoms with Gasteiger partial charge in [0, 0.05) is 9.63 Å². The molecule has 0 aliphatic carbocycles. The number of hydrogen-bond donors (Lipinski definition) is 0. The summed E-state index contributed by atoms with van der Waals surface area (Å²) in [7, 11) is -3.03. The number of benzene rings is 2. The highest BCUT2D eigenvalue weighted by Crippen LogP contribution is 2.63. The summed E-state index contributed by atoms with van der Waals surface area (Å²) in [5.74, 6) is 1.68. The minimum Gasteiger partial charge on any atom is -0.494 e. The molecule has 1 heterocycles. The van der Waals surface area contributed by atoms with Crippen molar-refractivity contribution in [2.45, 2.75) is 39.8 Å². The Morgan fingerprint density at radius 1 is 1.12 bits per heavy atom. The Labute approximate surface area is 210 Å². The van der Waals surface area contributed by atoms with Crippen molar-refractivity contribution in [3.8, 4) is 11.5 Å². The predicted octanol–water partition coefficient (Wildman–Crippen LogP) is 8.37. The number of furan rings is 1. The molecule has 0 saturated heterocycles. The lowest BCUT2D eigenvalue weighted by Gasteiger charge is -2.35. The van der Waals surface area contributed by atoms with Crippen molar-refractivity contribution < 1.29 is 18.6 Å². The van der Waals surface area contributed by atoms with E-state index in [-0.39, 0.29) is 11.4 Å². The first kappa shape index (κ1) is 25.5. The second-order valence-electron chi connectivity index (χ2n) is 8.24. The van der Waals surface area contributed by atoms with Gasteiger partial charge in [-0.05, 0) is 72.2 Å². The zero-order chi connectivity index (χ0) is 24.4. The lowest BCUT2D eigenvalue weighted by atomic mass is 10.2. The SMILES string of the molecule is CCOc1ccc(N=[P@](Oc2ccc(Br)cc2Br)(c2ccc(C)o2)C(C)(C)C)c([N+](=O)[O-])c1. The van der Waals surface area contributed by atoms with E-state index in [1.807, 2.05) is 65.0 Å². The third-order valence-corrected chi connectivity index (χ3v) is 9.49. The van der Waals surface area contributed by atoms with Gasteiger partial charge in [-0.15, -0.1) is 0 Å². The fourth-order valence-corrected chi connectivity index (χ4v) is 7.33. The summed E-state index contributed by atoms with van der Waals surface area (Å²) in [5.41, 5.74) is 0.593. The van der Waals surface area contributed by atoms with Crippen molar-refractivity contribution in [2.75, 3.05) is 6.61 Å². The average Bonchev–Trinajstić information content (AvgIpc) is 3.16. The van der Waals surface area contributed by atoms with E-state index in [1.165, 1.54) is 6.07 Å². The van der Waals surface area contributed by atoms with Crippen LogP contribution in [-0.4, -0.2) is 16.7 Å². The zero-order valence-electron chi connectivity index (χ0n) is 19.0. The van der Waals surface area contributed by atoms with Gasteiger partial charge >= 0.3 is 0 Å². The van der Waals surface area contributed by atoms with Crippen LogP contribution >= 0.6 is 39.1 Å². The van der Waals surface area contributed by atoms with Crippen LogP contribution in [-0.2, 0) is 0 Å². The number of aryl methyl sites for hydroxylation is 1. The van der Waals surface area contributed by atoms with Gasteiger partial charge in [0.15, 0.2) is 5.50 Å². The second-order valence-corrected chi connectivity index (χ2v) is 13.3. The zero-order valence-corrected chi connectivity index (χ0v) is 23.0. The van der Waals surface area contributed by atoms with Crippen molar-refractivity contribution in [2.24, 2.45) is 4.74 Å². The molecule has 2 aromatic carbocycles. The van der Waals surface area contributed by atoms with Crippen LogP contribution in [0.1, 0.15) is 33.5 Å². The highest BCUT2D eigenvalue weighted by atomic mass is 79.9. The molecule has 0 aliphatic heterocycles. The minimum absolute atomic E-state index is 0.156. The summed E-state index contributed by atoms with van der Waals surface area (Å²) in [6, 6.07) is 13.9. The maximum atomic E-state index is 11.9. The van der Waals surface area contributed by atoms with Gasteiger partial charge in [0.25, 0.3) is 5.69 Å². The van der Waals surface area contributed by atoms with E-state index < -0.39 is 17.4 Å². The average molecular weight is 600 g/mol. The highest BCUT2D eigenvalue weighted by Gasteiger charge is 2.42. The number of halogens is 2.